The molecule has 1 atom stereocenters. The number of Topliss-reactive ketones (excluding diaryl/α,β-unsaturated/α-hetero) is 1. The molecule has 1 aromatic carbocycles. The molecular formula is C22H37N3O5. The van der Waals surface area contributed by atoms with Crippen molar-refractivity contribution in [3.05, 3.63) is 29.8 Å². The molecule has 0 spiro atoms. The number of nitrogens with two attached hydrogens (primary N) is 1. The number of rotatable bonds is 17. The molecule has 0 saturated carbocycles. The monoisotopic (exact) mass is 423 g/mol. The van der Waals surface area contributed by atoms with Crippen LogP contribution in [0.15, 0.2) is 24.3 Å². The lowest BCUT2D eigenvalue weighted by atomic mass is 9.95. The van der Waals surface area contributed by atoms with Crippen LogP contribution in [0.4, 0.5) is 0 Å². The molecule has 1 rings (SSSR count). The fraction of sp³-hybridized carbons (Fsp3) is 0.636. The lowest BCUT2D eigenvalue weighted by molar-refractivity contribution is -0.124. The lowest BCUT2D eigenvalue weighted by Crippen LogP contribution is -2.40. The van der Waals surface area contributed by atoms with Gasteiger partial charge < -0.3 is 30.6 Å². The van der Waals surface area contributed by atoms with Crippen molar-refractivity contribution in [1.82, 2.24) is 10.6 Å². The standard InChI is InChI=1S/C22H37N3O5/c1-4-24-20(22(27)17(2)3)15-18-5-7-19(8-6-18)30-16-21(26)25-10-12-29-14-13-28-11-9-23/h5-8,17,20,24H,4,9-16,23H2,1-3H3,(H,25,26). The minimum atomic E-state index is -0.211. The van der Waals surface area contributed by atoms with E-state index in [1.807, 2.05) is 45.0 Å². The van der Waals surface area contributed by atoms with Crippen molar-refractivity contribution >= 4 is 11.7 Å². The third kappa shape index (κ3) is 11.3. The fourth-order valence-corrected chi connectivity index (χ4v) is 2.75. The van der Waals surface area contributed by atoms with Gasteiger partial charge in [0.25, 0.3) is 5.91 Å². The number of ether oxygens (including phenoxy) is 3. The van der Waals surface area contributed by atoms with E-state index >= 15 is 0 Å². The van der Waals surface area contributed by atoms with Crippen LogP contribution in [-0.2, 0) is 25.5 Å². The van der Waals surface area contributed by atoms with Crippen LogP contribution in [0.3, 0.4) is 0 Å². The molecule has 0 radical (unpaired) electrons. The highest BCUT2D eigenvalue weighted by Gasteiger charge is 2.20. The summed E-state index contributed by atoms with van der Waals surface area (Å²) in [4.78, 5) is 24.2. The lowest BCUT2D eigenvalue weighted by Gasteiger charge is -2.19. The van der Waals surface area contributed by atoms with E-state index in [0.717, 1.165) is 12.1 Å². The predicted octanol–water partition coefficient (Wildman–Crippen LogP) is 0.919. The minimum absolute atomic E-state index is 0.00920. The molecule has 0 aromatic heterocycles. The van der Waals surface area contributed by atoms with Gasteiger partial charge in [-0.05, 0) is 30.7 Å². The second-order valence-corrected chi connectivity index (χ2v) is 7.17. The molecule has 4 N–H and O–H groups in total. The molecule has 0 aliphatic carbocycles. The van der Waals surface area contributed by atoms with Gasteiger partial charge in [-0.15, -0.1) is 0 Å². The summed E-state index contributed by atoms with van der Waals surface area (Å²) in [6, 6.07) is 7.28. The third-order valence-electron chi connectivity index (χ3n) is 4.30. The second kappa shape index (κ2) is 15.8. The molecule has 30 heavy (non-hydrogen) atoms. The Labute approximate surface area is 179 Å². The third-order valence-corrected chi connectivity index (χ3v) is 4.30. The molecule has 0 heterocycles. The van der Waals surface area contributed by atoms with Gasteiger partial charge in [-0.25, -0.2) is 0 Å². The highest BCUT2D eigenvalue weighted by molar-refractivity contribution is 5.86. The van der Waals surface area contributed by atoms with E-state index in [-0.39, 0.29) is 30.3 Å². The summed E-state index contributed by atoms with van der Waals surface area (Å²) in [6.45, 7) is 9.29. The van der Waals surface area contributed by atoms with E-state index in [9.17, 15) is 9.59 Å². The zero-order valence-corrected chi connectivity index (χ0v) is 18.4. The number of benzene rings is 1. The number of hydrogen-bond acceptors (Lipinski definition) is 7. The number of hydrogen-bond donors (Lipinski definition) is 3. The Hall–Kier alpha value is -2.00. The van der Waals surface area contributed by atoms with E-state index in [1.165, 1.54) is 0 Å². The van der Waals surface area contributed by atoms with Crippen LogP contribution >= 0.6 is 0 Å². The first kappa shape index (κ1) is 26.0. The Morgan fingerprint density at radius 2 is 1.70 bits per heavy atom. The number of amides is 1. The Balaban J connectivity index is 2.28. The van der Waals surface area contributed by atoms with Gasteiger partial charge >= 0.3 is 0 Å². The Bertz CT molecular complexity index is 607. The minimum Gasteiger partial charge on any atom is -0.484 e. The summed E-state index contributed by atoms with van der Waals surface area (Å²) in [5.74, 6) is 0.597. The molecule has 1 amide bonds. The predicted molar refractivity (Wildman–Crippen MR) is 117 cm³/mol. The van der Waals surface area contributed by atoms with Gasteiger partial charge in [0, 0.05) is 19.0 Å². The maximum atomic E-state index is 12.3. The topological polar surface area (TPSA) is 112 Å². The highest BCUT2D eigenvalue weighted by atomic mass is 16.5. The van der Waals surface area contributed by atoms with Gasteiger partial charge in [0.1, 0.15) is 5.75 Å². The molecule has 8 heteroatoms. The Morgan fingerprint density at radius 3 is 2.30 bits per heavy atom. The molecule has 0 bridgehead atoms. The van der Waals surface area contributed by atoms with Crippen molar-refractivity contribution < 1.29 is 23.8 Å². The zero-order valence-electron chi connectivity index (χ0n) is 18.4. The van der Waals surface area contributed by atoms with Gasteiger partial charge in [-0.1, -0.05) is 32.9 Å². The van der Waals surface area contributed by atoms with Crippen molar-refractivity contribution in [1.29, 1.82) is 0 Å². The molecule has 8 nitrogen and oxygen atoms in total. The first-order chi connectivity index (χ1) is 14.5. The van der Waals surface area contributed by atoms with Crippen molar-refractivity contribution in [2.24, 2.45) is 11.7 Å². The Kier molecular flexibility index (Phi) is 13.7. The van der Waals surface area contributed by atoms with E-state index in [2.05, 4.69) is 10.6 Å². The van der Waals surface area contributed by atoms with Crippen LogP contribution in [0, 0.1) is 5.92 Å². The van der Waals surface area contributed by atoms with E-state index in [4.69, 9.17) is 19.9 Å². The fourth-order valence-electron chi connectivity index (χ4n) is 2.75. The number of likely N-dealkylation sites (N-methyl/N-ethyl adjacent to an activating group) is 1. The van der Waals surface area contributed by atoms with Crippen molar-refractivity contribution in [3.8, 4) is 5.75 Å². The molecule has 0 aliphatic heterocycles. The largest absolute Gasteiger partial charge is 0.484 e. The number of carbonyl (C=O) groups is 2. The summed E-state index contributed by atoms with van der Waals surface area (Å²) >= 11 is 0. The molecule has 0 saturated heterocycles. The van der Waals surface area contributed by atoms with Crippen LogP contribution in [-0.4, -0.2) is 70.4 Å². The molecule has 1 unspecified atom stereocenters. The van der Waals surface area contributed by atoms with Gasteiger partial charge in [-0.3, -0.25) is 9.59 Å². The summed E-state index contributed by atoms with van der Waals surface area (Å²) in [5, 5.41) is 5.99. The molecule has 170 valence electrons. The van der Waals surface area contributed by atoms with Crippen molar-refractivity contribution in [3.63, 3.8) is 0 Å². The second-order valence-electron chi connectivity index (χ2n) is 7.17. The average Bonchev–Trinajstić information content (AvgIpc) is 2.74. The van der Waals surface area contributed by atoms with Crippen LogP contribution in [0.1, 0.15) is 26.3 Å². The quantitative estimate of drug-likeness (QED) is 0.319. The highest BCUT2D eigenvalue weighted by Crippen LogP contribution is 2.15. The van der Waals surface area contributed by atoms with Crippen molar-refractivity contribution in [2.45, 2.75) is 33.2 Å². The van der Waals surface area contributed by atoms with Crippen LogP contribution < -0.4 is 21.1 Å². The summed E-state index contributed by atoms with van der Waals surface area (Å²) in [7, 11) is 0. The molecule has 1 aromatic rings. The van der Waals surface area contributed by atoms with Crippen LogP contribution in [0.25, 0.3) is 0 Å². The Morgan fingerprint density at radius 1 is 1.03 bits per heavy atom. The van der Waals surface area contributed by atoms with E-state index in [0.29, 0.717) is 51.7 Å². The zero-order chi connectivity index (χ0) is 22.2. The smallest absolute Gasteiger partial charge is 0.258 e. The molecular weight excluding hydrogens is 386 g/mol. The maximum Gasteiger partial charge on any atom is 0.258 e. The average molecular weight is 424 g/mol. The van der Waals surface area contributed by atoms with E-state index < -0.39 is 0 Å². The molecule has 0 fully saturated rings. The van der Waals surface area contributed by atoms with Crippen LogP contribution in [0.5, 0.6) is 5.75 Å². The maximum absolute atomic E-state index is 12.3. The first-order valence-corrected chi connectivity index (χ1v) is 10.6. The number of ketones is 1. The first-order valence-electron chi connectivity index (χ1n) is 10.6. The number of carbonyl (C=O) groups excluding carboxylic acids is 2. The van der Waals surface area contributed by atoms with Gasteiger partial charge in [-0.2, -0.15) is 0 Å². The van der Waals surface area contributed by atoms with E-state index in [1.54, 1.807) is 0 Å². The summed E-state index contributed by atoms with van der Waals surface area (Å²) in [5.41, 5.74) is 6.35. The normalized spacial score (nSPS) is 12.0. The van der Waals surface area contributed by atoms with Gasteiger partial charge in [0.15, 0.2) is 12.4 Å². The summed E-state index contributed by atoms with van der Waals surface area (Å²) in [6.07, 6.45) is 0.628. The SMILES string of the molecule is CCNC(Cc1ccc(OCC(=O)NCCOCCOCCN)cc1)C(=O)C(C)C. The molecule has 0 aliphatic rings. The summed E-state index contributed by atoms with van der Waals surface area (Å²) < 4.78 is 16.0. The van der Waals surface area contributed by atoms with Gasteiger partial charge in [0.2, 0.25) is 0 Å². The van der Waals surface area contributed by atoms with Gasteiger partial charge in [0.05, 0.1) is 32.5 Å². The van der Waals surface area contributed by atoms with Crippen molar-refractivity contribution in [2.75, 3.05) is 52.7 Å². The van der Waals surface area contributed by atoms with Crippen LogP contribution in [0.2, 0.25) is 0 Å². The number of nitrogens with one attached hydrogen (secondary N) is 2.